The van der Waals surface area contributed by atoms with Gasteiger partial charge in [-0.05, 0) is 36.2 Å². The van der Waals surface area contributed by atoms with Crippen LogP contribution in [0.15, 0.2) is 91.1 Å². The fraction of sp³-hybridized carbons (Fsp3) is 0.200. The summed E-state index contributed by atoms with van der Waals surface area (Å²) < 4.78 is 1.84. The second-order valence-electron chi connectivity index (χ2n) is 9.69. The van der Waals surface area contributed by atoms with Crippen LogP contribution in [0.5, 0.6) is 0 Å². The van der Waals surface area contributed by atoms with Crippen molar-refractivity contribution in [3.63, 3.8) is 0 Å². The average Bonchev–Trinajstić information content (AvgIpc) is 3.26. The lowest BCUT2D eigenvalue weighted by molar-refractivity contribution is -0.384. The quantitative estimate of drug-likeness (QED) is 0.230. The molecule has 0 saturated carbocycles. The monoisotopic (exact) mass is 533 g/mol. The molecule has 1 saturated heterocycles. The number of rotatable bonds is 6. The molecular formula is C30H27N7O3. The molecule has 0 atom stereocenters. The number of hydrogen-bond donors (Lipinski definition) is 0. The van der Waals surface area contributed by atoms with Gasteiger partial charge in [-0.1, -0.05) is 48.5 Å². The highest BCUT2D eigenvalue weighted by Gasteiger charge is 2.24. The first-order valence-corrected chi connectivity index (χ1v) is 13.2. The van der Waals surface area contributed by atoms with Crippen LogP contribution >= 0.6 is 0 Å². The van der Waals surface area contributed by atoms with Crippen LogP contribution in [0.1, 0.15) is 28.2 Å². The Hall–Kier alpha value is -5.12. The third kappa shape index (κ3) is 5.11. The molecular weight excluding hydrogens is 506 g/mol. The van der Waals surface area contributed by atoms with Gasteiger partial charge < -0.3 is 9.80 Å². The number of benzene rings is 3. The minimum atomic E-state index is -0.466. The fourth-order valence-electron chi connectivity index (χ4n) is 5.03. The lowest BCUT2D eigenvalue weighted by Crippen LogP contribution is -2.35. The molecule has 1 aliphatic heterocycles. The number of amides is 1. The van der Waals surface area contributed by atoms with Gasteiger partial charge in [-0.15, -0.1) is 0 Å². The fourth-order valence-corrected chi connectivity index (χ4v) is 5.03. The van der Waals surface area contributed by atoms with E-state index in [1.165, 1.54) is 24.3 Å². The number of nitro benzene ring substituents is 1. The summed E-state index contributed by atoms with van der Waals surface area (Å²) in [6, 6.07) is 25.8. The average molecular weight is 534 g/mol. The molecule has 10 heteroatoms. The van der Waals surface area contributed by atoms with Crippen molar-refractivity contribution in [1.82, 2.24) is 24.6 Å². The standard InChI is InChI=1S/C30H27N7O3/c38-30(23-12-14-25(15-13-23)37(39)40)35-17-7-16-34(18-19-35)28-26-21-31-36(24-10-5-2-6-11-24)29(26)33-27(32-28)20-22-8-3-1-4-9-22/h1-6,8-15,21H,7,16-20H2. The van der Waals surface area contributed by atoms with E-state index in [0.717, 1.165) is 41.1 Å². The molecule has 3 aromatic carbocycles. The number of aromatic nitrogens is 4. The maximum absolute atomic E-state index is 13.2. The van der Waals surface area contributed by atoms with E-state index in [-0.39, 0.29) is 11.6 Å². The van der Waals surface area contributed by atoms with Crippen molar-refractivity contribution in [2.45, 2.75) is 12.8 Å². The lowest BCUT2D eigenvalue weighted by atomic mass is 10.1. The summed E-state index contributed by atoms with van der Waals surface area (Å²) in [5, 5.41) is 16.5. The summed E-state index contributed by atoms with van der Waals surface area (Å²) >= 11 is 0. The highest BCUT2D eigenvalue weighted by molar-refractivity contribution is 5.94. The second kappa shape index (κ2) is 10.9. The van der Waals surface area contributed by atoms with Crippen molar-refractivity contribution in [1.29, 1.82) is 0 Å². The molecule has 200 valence electrons. The number of carbonyl (C=O) groups excluding carboxylic acids is 1. The van der Waals surface area contributed by atoms with Gasteiger partial charge in [-0.3, -0.25) is 14.9 Å². The zero-order valence-electron chi connectivity index (χ0n) is 21.8. The van der Waals surface area contributed by atoms with E-state index in [9.17, 15) is 14.9 Å². The van der Waals surface area contributed by atoms with Crippen molar-refractivity contribution < 1.29 is 9.72 Å². The molecule has 0 bridgehead atoms. The Morgan fingerprint density at radius 2 is 1.57 bits per heavy atom. The smallest absolute Gasteiger partial charge is 0.269 e. The zero-order chi connectivity index (χ0) is 27.5. The van der Waals surface area contributed by atoms with Crippen molar-refractivity contribution in [3.8, 4) is 5.69 Å². The minimum Gasteiger partial charge on any atom is -0.354 e. The van der Waals surface area contributed by atoms with Gasteiger partial charge in [-0.2, -0.15) is 5.10 Å². The number of para-hydroxylation sites is 1. The summed E-state index contributed by atoms with van der Waals surface area (Å²) in [4.78, 5) is 37.7. The predicted molar refractivity (Wildman–Crippen MR) is 152 cm³/mol. The van der Waals surface area contributed by atoms with Crippen molar-refractivity contribution in [3.05, 3.63) is 118 Å². The Bertz CT molecular complexity index is 1650. The van der Waals surface area contributed by atoms with Gasteiger partial charge in [0.15, 0.2) is 5.65 Å². The maximum Gasteiger partial charge on any atom is 0.269 e. The van der Waals surface area contributed by atoms with Crippen LogP contribution < -0.4 is 4.90 Å². The highest BCUT2D eigenvalue weighted by atomic mass is 16.6. The molecule has 1 fully saturated rings. The van der Waals surface area contributed by atoms with Gasteiger partial charge in [0.25, 0.3) is 11.6 Å². The third-order valence-electron chi connectivity index (χ3n) is 7.07. The normalized spacial score (nSPS) is 13.8. The van der Waals surface area contributed by atoms with E-state index >= 15 is 0 Å². The van der Waals surface area contributed by atoms with Crippen molar-refractivity contribution in [2.24, 2.45) is 0 Å². The Morgan fingerprint density at radius 3 is 2.30 bits per heavy atom. The first-order chi connectivity index (χ1) is 19.6. The van der Waals surface area contributed by atoms with Gasteiger partial charge in [0, 0.05) is 50.3 Å². The lowest BCUT2D eigenvalue weighted by Gasteiger charge is -2.24. The Kier molecular flexibility index (Phi) is 6.88. The van der Waals surface area contributed by atoms with E-state index in [1.807, 2.05) is 59.4 Å². The van der Waals surface area contributed by atoms with E-state index in [1.54, 1.807) is 4.90 Å². The van der Waals surface area contributed by atoms with Crippen LogP contribution in [-0.2, 0) is 6.42 Å². The minimum absolute atomic E-state index is 0.0336. The van der Waals surface area contributed by atoms with Crippen LogP contribution in [0, 0.1) is 10.1 Å². The number of hydrogen-bond acceptors (Lipinski definition) is 7. The van der Waals surface area contributed by atoms with Crippen molar-refractivity contribution >= 4 is 28.4 Å². The van der Waals surface area contributed by atoms with E-state index in [4.69, 9.17) is 9.97 Å². The molecule has 0 aliphatic carbocycles. The summed E-state index contributed by atoms with van der Waals surface area (Å²) in [5.74, 6) is 1.38. The number of carbonyl (C=O) groups is 1. The molecule has 0 unspecified atom stereocenters. The topological polar surface area (TPSA) is 110 Å². The Balaban J connectivity index is 1.31. The molecule has 6 rings (SSSR count). The van der Waals surface area contributed by atoms with Gasteiger partial charge in [0.1, 0.15) is 11.6 Å². The maximum atomic E-state index is 13.2. The zero-order valence-corrected chi connectivity index (χ0v) is 21.8. The van der Waals surface area contributed by atoms with Gasteiger partial charge >= 0.3 is 0 Å². The van der Waals surface area contributed by atoms with Gasteiger partial charge in [0.05, 0.1) is 22.2 Å². The Morgan fingerprint density at radius 1 is 0.850 bits per heavy atom. The molecule has 1 aliphatic rings. The van der Waals surface area contributed by atoms with Crippen LogP contribution in [0.4, 0.5) is 11.5 Å². The first-order valence-electron chi connectivity index (χ1n) is 13.2. The Labute approximate surface area is 230 Å². The summed E-state index contributed by atoms with van der Waals surface area (Å²) in [6.45, 7) is 2.40. The molecule has 0 N–H and O–H groups in total. The van der Waals surface area contributed by atoms with Crippen LogP contribution in [0.3, 0.4) is 0 Å². The van der Waals surface area contributed by atoms with Crippen LogP contribution in [-0.4, -0.2) is 61.7 Å². The molecule has 1 amide bonds. The SMILES string of the molecule is O=C(c1ccc([N+](=O)[O-])cc1)N1CCCN(c2nc(Cc3ccccc3)nc3c2cnn3-c2ccccc2)CC1. The summed E-state index contributed by atoms with van der Waals surface area (Å²) in [5.41, 5.74) is 3.19. The number of non-ortho nitro benzene ring substituents is 1. The number of nitro groups is 1. The van der Waals surface area contributed by atoms with Gasteiger partial charge in [-0.25, -0.2) is 14.6 Å². The largest absolute Gasteiger partial charge is 0.354 e. The molecule has 0 spiro atoms. The van der Waals surface area contributed by atoms with E-state index < -0.39 is 4.92 Å². The highest BCUT2D eigenvalue weighted by Crippen LogP contribution is 2.28. The van der Waals surface area contributed by atoms with Crippen molar-refractivity contribution in [2.75, 3.05) is 31.1 Å². The molecule has 5 aromatic rings. The third-order valence-corrected chi connectivity index (χ3v) is 7.07. The molecule has 0 radical (unpaired) electrons. The van der Waals surface area contributed by atoms with E-state index in [0.29, 0.717) is 37.4 Å². The summed E-state index contributed by atoms with van der Waals surface area (Å²) in [6.07, 6.45) is 3.15. The molecule has 40 heavy (non-hydrogen) atoms. The first kappa shape index (κ1) is 25.2. The molecule has 2 aromatic heterocycles. The van der Waals surface area contributed by atoms with Crippen LogP contribution in [0.2, 0.25) is 0 Å². The number of anilines is 1. The predicted octanol–water partition coefficient (Wildman–Crippen LogP) is 4.67. The molecule has 10 nitrogen and oxygen atoms in total. The number of nitrogens with zero attached hydrogens (tertiary/aromatic N) is 7. The molecule has 3 heterocycles. The summed E-state index contributed by atoms with van der Waals surface area (Å²) in [7, 11) is 0. The van der Waals surface area contributed by atoms with E-state index in [2.05, 4.69) is 22.1 Å². The van der Waals surface area contributed by atoms with Gasteiger partial charge in [0.2, 0.25) is 0 Å². The number of fused-ring (bicyclic) bond motifs is 1. The van der Waals surface area contributed by atoms with Crippen LogP contribution in [0.25, 0.3) is 16.7 Å². The second-order valence-corrected chi connectivity index (χ2v) is 9.69.